The van der Waals surface area contributed by atoms with E-state index >= 15 is 0 Å². The minimum atomic E-state index is -0.514. The average molecular weight is 294 g/mol. The SMILES string of the molecule is Cc1nn(C)c(N2CCC(C)(O)CC2)c1CNCC(C)C. The summed E-state index contributed by atoms with van der Waals surface area (Å²) in [6.45, 7) is 12.1. The lowest BCUT2D eigenvalue weighted by molar-refractivity contribution is 0.0348. The predicted octanol–water partition coefficient (Wildman–Crippen LogP) is 1.83. The second-order valence-electron chi connectivity index (χ2n) is 7.02. The van der Waals surface area contributed by atoms with Gasteiger partial charge in [-0.15, -0.1) is 0 Å². The molecule has 120 valence electrons. The lowest BCUT2D eigenvalue weighted by Crippen LogP contribution is -2.43. The molecule has 2 rings (SSSR count). The molecule has 5 nitrogen and oxygen atoms in total. The Hall–Kier alpha value is -1.07. The number of hydrogen-bond donors (Lipinski definition) is 2. The van der Waals surface area contributed by atoms with Crippen LogP contribution in [0.2, 0.25) is 0 Å². The lowest BCUT2D eigenvalue weighted by Gasteiger charge is -2.37. The van der Waals surface area contributed by atoms with Gasteiger partial charge < -0.3 is 15.3 Å². The van der Waals surface area contributed by atoms with Crippen LogP contribution in [-0.4, -0.2) is 40.1 Å². The van der Waals surface area contributed by atoms with Crippen molar-refractivity contribution in [3.05, 3.63) is 11.3 Å². The Morgan fingerprint density at radius 3 is 2.52 bits per heavy atom. The number of piperidine rings is 1. The Bertz CT molecular complexity index is 469. The van der Waals surface area contributed by atoms with Crippen LogP contribution in [0.3, 0.4) is 0 Å². The molecule has 1 aliphatic rings. The zero-order valence-electron chi connectivity index (χ0n) is 14.1. The zero-order chi connectivity index (χ0) is 15.6. The van der Waals surface area contributed by atoms with Gasteiger partial charge in [0, 0.05) is 32.2 Å². The number of aromatic nitrogens is 2. The number of rotatable bonds is 5. The van der Waals surface area contributed by atoms with Gasteiger partial charge in [-0.25, -0.2) is 0 Å². The Morgan fingerprint density at radius 2 is 1.95 bits per heavy atom. The second-order valence-corrected chi connectivity index (χ2v) is 7.02. The van der Waals surface area contributed by atoms with Crippen molar-refractivity contribution in [1.82, 2.24) is 15.1 Å². The van der Waals surface area contributed by atoms with Crippen LogP contribution in [0, 0.1) is 12.8 Å². The molecule has 21 heavy (non-hydrogen) atoms. The smallest absolute Gasteiger partial charge is 0.131 e. The van der Waals surface area contributed by atoms with E-state index in [2.05, 4.69) is 36.1 Å². The van der Waals surface area contributed by atoms with Crippen LogP contribution < -0.4 is 10.2 Å². The molecule has 1 fully saturated rings. The van der Waals surface area contributed by atoms with E-state index in [-0.39, 0.29) is 0 Å². The van der Waals surface area contributed by atoms with E-state index in [0.717, 1.165) is 44.7 Å². The molecule has 1 aromatic rings. The minimum absolute atomic E-state index is 0.514. The van der Waals surface area contributed by atoms with Crippen LogP contribution in [0.1, 0.15) is 44.9 Å². The standard InChI is InChI=1S/C16H30N4O/c1-12(2)10-17-11-14-13(3)18-19(5)15(14)20-8-6-16(4,21)7-9-20/h12,17,21H,6-11H2,1-5H3. The van der Waals surface area contributed by atoms with Gasteiger partial charge in [-0.1, -0.05) is 13.8 Å². The Labute approximate surface area is 128 Å². The molecule has 1 aromatic heterocycles. The van der Waals surface area contributed by atoms with E-state index in [1.165, 1.54) is 11.4 Å². The van der Waals surface area contributed by atoms with Crippen molar-refractivity contribution in [3.8, 4) is 0 Å². The highest BCUT2D eigenvalue weighted by Crippen LogP contribution is 2.29. The minimum Gasteiger partial charge on any atom is -0.390 e. The maximum atomic E-state index is 10.1. The molecule has 0 saturated carbocycles. The van der Waals surface area contributed by atoms with Gasteiger partial charge in [0.25, 0.3) is 0 Å². The van der Waals surface area contributed by atoms with Crippen molar-refractivity contribution in [3.63, 3.8) is 0 Å². The first-order chi connectivity index (χ1) is 9.80. The summed E-state index contributed by atoms with van der Waals surface area (Å²) in [5.41, 5.74) is 1.88. The highest BCUT2D eigenvalue weighted by molar-refractivity contribution is 5.50. The number of aryl methyl sites for hydroxylation is 2. The normalized spacial score (nSPS) is 18.5. The second kappa shape index (κ2) is 6.36. The summed E-state index contributed by atoms with van der Waals surface area (Å²) in [5, 5.41) is 18.2. The fourth-order valence-corrected chi connectivity index (χ4v) is 2.98. The van der Waals surface area contributed by atoms with Crippen LogP contribution in [0.4, 0.5) is 5.82 Å². The number of anilines is 1. The lowest BCUT2D eigenvalue weighted by atomic mass is 9.93. The van der Waals surface area contributed by atoms with Crippen molar-refractivity contribution in [1.29, 1.82) is 0 Å². The number of hydrogen-bond acceptors (Lipinski definition) is 4. The largest absolute Gasteiger partial charge is 0.390 e. The number of nitrogens with zero attached hydrogens (tertiary/aromatic N) is 3. The van der Waals surface area contributed by atoms with Gasteiger partial charge in [0.05, 0.1) is 11.3 Å². The maximum absolute atomic E-state index is 10.1. The molecule has 2 heterocycles. The van der Waals surface area contributed by atoms with E-state index in [1.54, 1.807) is 0 Å². The molecule has 0 radical (unpaired) electrons. The topological polar surface area (TPSA) is 53.3 Å². The van der Waals surface area contributed by atoms with Gasteiger partial charge in [-0.2, -0.15) is 5.10 Å². The highest BCUT2D eigenvalue weighted by atomic mass is 16.3. The Morgan fingerprint density at radius 1 is 1.33 bits per heavy atom. The summed E-state index contributed by atoms with van der Waals surface area (Å²) in [7, 11) is 2.01. The molecule has 0 unspecified atom stereocenters. The Balaban J connectivity index is 2.11. The third-order valence-corrected chi connectivity index (χ3v) is 4.31. The van der Waals surface area contributed by atoms with Crippen LogP contribution >= 0.6 is 0 Å². The molecule has 2 N–H and O–H groups in total. The van der Waals surface area contributed by atoms with Gasteiger partial charge in [-0.05, 0) is 39.2 Å². The third kappa shape index (κ3) is 3.98. The van der Waals surface area contributed by atoms with Gasteiger partial charge >= 0.3 is 0 Å². The van der Waals surface area contributed by atoms with E-state index in [4.69, 9.17) is 0 Å². The highest BCUT2D eigenvalue weighted by Gasteiger charge is 2.30. The first-order valence-electron chi connectivity index (χ1n) is 8.00. The van der Waals surface area contributed by atoms with E-state index in [0.29, 0.717) is 5.92 Å². The van der Waals surface area contributed by atoms with Crippen LogP contribution in [0.5, 0.6) is 0 Å². The van der Waals surface area contributed by atoms with E-state index in [1.807, 2.05) is 18.7 Å². The van der Waals surface area contributed by atoms with Crippen molar-refractivity contribution >= 4 is 5.82 Å². The molecule has 0 bridgehead atoms. The van der Waals surface area contributed by atoms with Crippen molar-refractivity contribution in [2.45, 2.75) is 52.7 Å². The summed E-state index contributed by atoms with van der Waals surface area (Å²) in [5.74, 6) is 1.86. The molecule has 1 aliphatic heterocycles. The van der Waals surface area contributed by atoms with Gasteiger partial charge in [-0.3, -0.25) is 4.68 Å². The van der Waals surface area contributed by atoms with Crippen molar-refractivity contribution < 1.29 is 5.11 Å². The molecule has 0 aliphatic carbocycles. The molecule has 0 atom stereocenters. The molecular weight excluding hydrogens is 264 g/mol. The van der Waals surface area contributed by atoms with E-state index in [9.17, 15) is 5.11 Å². The first kappa shape index (κ1) is 16.3. The van der Waals surface area contributed by atoms with Crippen LogP contribution in [0.25, 0.3) is 0 Å². The fraction of sp³-hybridized carbons (Fsp3) is 0.812. The monoisotopic (exact) mass is 294 g/mol. The van der Waals surface area contributed by atoms with Gasteiger partial charge in [0.1, 0.15) is 5.82 Å². The van der Waals surface area contributed by atoms with Crippen LogP contribution in [0.15, 0.2) is 0 Å². The average Bonchev–Trinajstić information content (AvgIpc) is 2.64. The van der Waals surface area contributed by atoms with Gasteiger partial charge in [0.15, 0.2) is 0 Å². The third-order valence-electron chi connectivity index (χ3n) is 4.31. The number of aliphatic hydroxyl groups is 1. The zero-order valence-corrected chi connectivity index (χ0v) is 14.1. The van der Waals surface area contributed by atoms with Crippen LogP contribution in [-0.2, 0) is 13.6 Å². The summed E-state index contributed by atoms with van der Waals surface area (Å²) in [4.78, 5) is 2.37. The summed E-state index contributed by atoms with van der Waals surface area (Å²) < 4.78 is 1.99. The predicted molar refractivity (Wildman–Crippen MR) is 86.6 cm³/mol. The summed E-state index contributed by atoms with van der Waals surface area (Å²) in [6, 6.07) is 0. The molecule has 5 heteroatoms. The molecule has 0 amide bonds. The quantitative estimate of drug-likeness (QED) is 0.870. The van der Waals surface area contributed by atoms with E-state index < -0.39 is 5.60 Å². The molecule has 1 saturated heterocycles. The number of nitrogens with one attached hydrogen (secondary N) is 1. The fourth-order valence-electron chi connectivity index (χ4n) is 2.98. The van der Waals surface area contributed by atoms with Crippen molar-refractivity contribution in [2.24, 2.45) is 13.0 Å². The van der Waals surface area contributed by atoms with Crippen molar-refractivity contribution in [2.75, 3.05) is 24.5 Å². The maximum Gasteiger partial charge on any atom is 0.131 e. The summed E-state index contributed by atoms with van der Waals surface area (Å²) >= 11 is 0. The molecule has 0 spiro atoms. The van der Waals surface area contributed by atoms with Gasteiger partial charge in [0.2, 0.25) is 0 Å². The molecular formula is C16H30N4O. The first-order valence-corrected chi connectivity index (χ1v) is 8.00. The molecule has 0 aromatic carbocycles. The Kier molecular flexibility index (Phi) is 4.94. The summed E-state index contributed by atoms with van der Waals surface area (Å²) in [6.07, 6.45) is 1.63.